The first-order valence-electron chi connectivity index (χ1n) is 7.36. The Labute approximate surface area is 163 Å². The van der Waals surface area contributed by atoms with Crippen LogP contribution < -0.4 is 15.8 Å². The Morgan fingerprint density at radius 1 is 1.26 bits per heavy atom. The molecule has 6 heteroatoms. The maximum absolute atomic E-state index is 9.82. The Bertz CT molecular complexity index is 727. The molecule has 0 spiro atoms. The fraction of sp³-hybridized carbons (Fsp3) is 0.294. The van der Waals surface area contributed by atoms with Crippen molar-refractivity contribution in [2.45, 2.75) is 18.9 Å². The van der Waals surface area contributed by atoms with Gasteiger partial charge in [0.2, 0.25) is 0 Å². The van der Waals surface area contributed by atoms with E-state index in [0.29, 0.717) is 5.69 Å². The molecule has 23 heavy (non-hydrogen) atoms. The third-order valence-corrected chi connectivity index (χ3v) is 5.75. The Morgan fingerprint density at radius 3 is 2.61 bits per heavy atom. The largest absolute Gasteiger partial charge is 0.506 e. The van der Waals surface area contributed by atoms with Gasteiger partial charge in [0.15, 0.2) is 0 Å². The van der Waals surface area contributed by atoms with Gasteiger partial charge in [-0.1, -0.05) is 0 Å². The van der Waals surface area contributed by atoms with Gasteiger partial charge in [0.05, 0.1) is 19.9 Å². The van der Waals surface area contributed by atoms with Crippen LogP contribution >= 0.6 is 45.2 Å². The number of ether oxygens (including phenoxy) is 1. The molecule has 4 N–H and O–H groups in total. The third-order valence-electron chi connectivity index (χ3n) is 4.15. The molecule has 0 unspecified atom stereocenters. The zero-order chi connectivity index (χ0) is 16.6. The average molecular weight is 536 g/mol. The molecule has 0 aromatic heterocycles. The second-order valence-corrected chi connectivity index (χ2v) is 7.99. The van der Waals surface area contributed by atoms with E-state index in [1.165, 1.54) is 16.7 Å². The van der Waals surface area contributed by atoms with E-state index in [9.17, 15) is 5.11 Å². The SMILES string of the molecule is COc1c(I)cc(C[C@H]2NCCc3cc(O)c(N)cc32)cc1I. The molecule has 2 aromatic carbocycles. The number of nitrogens with one attached hydrogen (secondary N) is 1. The minimum atomic E-state index is 0.179. The van der Waals surface area contributed by atoms with Crippen molar-refractivity contribution in [1.82, 2.24) is 5.32 Å². The molecule has 0 saturated carbocycles. The summed E-state index contributed by atoms with van der Waals surface area (Å²) in [6.45, 7) is 0.908. The zero-order valence-corrected chi connectivity index (χ0v) is 17.0. The Hall–Kier alpha value is -0.740. The third kappa shape index (κ3) is 3.53. The van der Waals surface area contributed by atoms with Crippen LogP contribution in [0.15, 0.2) is 24.3 Å². The smallest absolute Gasteiger partial charge is 0.145 e. The summed E-state index contributed by atoms with van der Waals surface area (Å²) >= 11 is 4.62. The van der Waals surface area contributed by atoms with Crippen molar-refractivity contribution in [2.24, 2.45) is 0 Å². The first-order valence-corrected chi connectivity index (χ1v) is 9.52. The molecule has 0 radical (unpaired) electrons. The predicted molar refractivity (Wildman–Crippen MR) is 109 cm³/mol. The Kier molecular flexibility index (Phi) is 5.22. The molecule has 1 aliphatic heterocycles. The van der Waals surface area contributed by atoms with Crippen LogP contribution in [0.2, 0.25) is 0 Å². The second-order valence-electron chi connectivity index (χ2n) is 5.66. The summed E-state index contributed by atoms with van der Waals surface area (Å²) in [5, 5.41) is 13.4. The van der Waals surface area contributed by atoms with Crippen LogP contribution in [-0.2, 0) is 12.8 Å². The van der Waals surface area contributed by atoms with Gasteiger partial charge < -0.3 is 20.9 Å². The number of benzene rings is 2. The summed E-state index contributed by atoms with van der Waals surface area (Å²) in [5.41, 5.74) is 9.96. The van der Waals surface area contributed by atoms with Crippen LogP contribution in [0.25, 0.3) is 0 Å². The number of phenolic OH excluding ortho intramolecular Hbond substituents is 1. The molecule has 1 heterocycles. The lowest BCUT2D eigenvalue weighted by atomic mass is 9.89. The average Bonchev–Trinajstić information content (AvgIpc) is 2.49. The predicted octanol–water partition coefficient (Wildman–Crippen LogP) is 3.62. The number of hydrogen-bond acceptors (Lipinski definition) is 4. The van der Waals surface area contributed by atoms with E-state index in [4.69, 9.17) is 10.5 Å². The van der Waals surface area contributed by atoms with Crippen molar-refractivity contribution in [3.63, 3.8) is 0 Å². The topological polar surface area (TPSA) is 67.5 Å². The first kappa shape index (κ1) is 17.1. The van der Waals surface area contributed by atoms with Crippen LogP contribution in [0, 0.1) is 7.14 Å². The van der Waals surface area contributed by atoms with Gasteiger partial charge in [-0.25, -0.2) is 0 Å². The molecule has 0 amide bonds. The van der Waals surface area contributed by atoms with Crippen molar-refractivity contribution >= 4 is 50.9 Å². The molecule has 0 fully saturated rings. The van der Waals surface area contributed by atoms with E-state index in [1.54, 1.807) is 13.2 Å². The Morgan fingerprint density at radius 2 is 1.96 bits per heavy atom. The van der Waals surface area contributed by atoms with Crippen LogP contribution in [0.1, 0.15) is 22.7 Å². The molecule has 1 atom stereocenters. The number of nitrogen functional groups attached to an aromatic ring is 1. The van der Waals surface area contributed by atoms with Gasteiger partial charge in [-0.05, 0) is 106 Å². The van der Waals surface area contributed by atoms with Gasteiger partial charge in [-0.2, -0.15) is 0 Å². The van der Waals surface area contributed by atoms with Crippen molar-refractivity contribution in [3.8, 4) is 11.5 Å². The maximum Gasteiger partial charge on any atom is 0.145 e. The number of rotatable bonds is 3. The highest BCUT2D eigenvalue weighted by Gasteiger charge is 2.22. The van der Waals surface area contributed by atoms with Crippen molar-refractivity contribution in [1.29, 1.82) is 0 Å². The molecule has 3 rings (SSSR count). The maximum atomic E-state index is 9.82. The normalized spacial score (nSPS) is 16.9. The summed E-state index contributed by atoms with van der Waals surface area (Å²) in [7, 11) is 1.70. The van der Waals surface area contributed by atoms with Gasteiger partial charge in [0.25, 0.3) is 0 Å². The number of nitrogens with two attached hydrogens (primary N) is 1. The number of hydrogen-bond donors (Lipinski definition) is 3. The monoisotopic (exact) mass is 536 g/mol. The second kappa shape index (κ2) is 7.02. The van der Waals surface area contributed by atoms with Gasteiger partial charge in [-0.3, -0.25) is 0 Å². The van der Waals surface area contributed by atoms with Gasteiger partial charge in [-0.15, -0.1) is 0 Å². The number of fused-ring (bicyclic) bond motifs is 1. The van der Waals surface area contributed by atoms with E-state index in [2.05, 4.69) is 62.6 Å². The Balaban J connectivity index is 1.92. The minimum absolute atomic E-state index is 0.179. The van der Waals surface area contributed by atoms with Gasteiger partial charge in [0, 0.05) is 6.04 Å². The summed E-state index contributed by atoms with van der Waals surface area (Å²) in [4.78, 5) is 0. The molecule has 0 aliphatic carbocycles. The van der Waals surface area contributed by atoms with E-state index in [1.807, 2.05) is 6.07 Å². The van der Waals surface area contributed by atoms with Crippen molar-refractivity contribution in [2.75, 3.05) is 19.4 Å². The molecule has 122 valence electrons. The minimum Gasteiger partial charge on any atom is -0.506 e. The summed E-state index contributed by atoms with van der Waals surface area (Å²) < 4.78 is 7.67. The van der Waals surface area contributed by atoms with Crippen molar-refractivity contribution < 1.29 is 9.84 Å². The highest BCUT2D eigenvalue weighted by molar-refractivity contribution is 14.1. The lowest BCUT2D eigenvalue weighted by Gasteiger charge is -2.28. The standard InChI is InChI=1S/C17H18I2N2O2/c1-23-17-12(18)4-9(5-13(17)19)6-15-11-8-14(20)16(22)7-10(11)2-3-21-15/h4-5,7-8,15,21-22H,2-3,6,20H2,1H3/t15-/m1/s1. The number of anilines is 1. The molecular weight excluding hydrogens is 518 g/mol. The quantitative estimate of drug-likeness (QED) is 0.319. The highest BCUT2D eigenvalue weighted by atomic mass is 127. The lowest BCUT2D eigenvalue weighted by Crippen LogP contribution is -2.31. The molecule has 0 bridgehead atoms. The summed E-state index contributed by atoms with van der Waals surface area (Å²) in [6, 6.07) is 8.26. The summed E-state index contributed by atoms with van der Waals surface area (Å²) in [5.74, 6) is 1.11. The van der Waals surface area contributed by atoms with Gasteiger partial charge >= 0.3 is 0 Å². The van der Waals surface area contributed by atoms with Crippen LogP contribution in [0.4, 0.5) is 5.69 Å². The molecule has 0 saturated heterocycles. The molecule has 2 aromatic rings. The fourth-order valence-corrected chi connectivity index (χ4v) is 5.38. The molecule has 1 aliphatic rings. The number of halogens is 2. The number of phenols is 1. The van der Waals surface area contributed by atoms with E-state index < -0.39 is 0 Å². The van der Waals surface area contributed by atoms with Crippen molar-refractivity contribution in [3.05, 3.63) is 48.1 Å². The van der Waals surface area contributed by atoms with Crippen LogP contribution in [-0.4, -0.2) is 18.8 Å². The summed E-state index contributed by atoms with van der Waals surface area (Å²) in [6.07, 6.45) is 1.80. The zero-order valence-electron chi connectivity index (χ0n) is 12.7. The number of aromatic hydroxyl groups is 1. The lowest BCUT2D eigenvalue weighted by molar-refractivity contribution is 0.408. The van der Waals surface area contributed by atoms with E-state index in [-0.39, 0.29) is 11.8 Å². The van der Waals surface area contributed by atoms with E-state index in [0.717, 1.165) is 32.3 Å². The highest BCUT2D eigenvalue weighted by Crippen LogP contribution is 2.34. The van der Waals surface area contributed by atoms with E-state index >= 15 is 0 Å². The van der Waals surface area contributed by atoms with Gasteiger partial charge in [0.1, 0.15) is 11.5 Å². The molecular formula is C17H18I2N2O2. The molecule has 4 nitrogen and oxygen atoms in total. The number of methoxy groups -OCH3 is 1. The van der Waals surface area contributed by atoms with Crippen LogP contribution in [0.3, 0.4) is 0 Å². The first-order chi connectivity index (χ1) is 11.0. The fourth-order valence-electron chi connectivity index (χ4n) is 3.04. The van der Waals surface area contributed by atoms with Crippen LogP contribution in [0.5, 0.6) is 11.5 Å².